The van der Waals surface area contributed by atoms with Gasteiger partial charge in [-0.3, -0.25) is 14.4 Å². The standard InChI is InChI=1S/C15H20N3O3S/c16-13(10-22-9-11-4-2-1-3-5-11)15(21)18-12(8-19)6-7-14(17)20/h1-5,12-13H,6-7,9-10,16H2,(H2,17,20)(H,18,21)/t12-,13-/m0/s1. The monoisotopic (exact) mass is 322 g/mol. The Labute approximate surface area is 134 Å². The van der Waals surface area contributed by atoms with Gasteiger partial charge < -0.3 is 16.8 Å². The first kappa shape index (κ1) is 18.2. The highest BCUT2D eigenvalue weighted by Crippen LogP contribution is 2.12. The molecule has 1 aromatic rings. The maximum atomic E-state index is 11.9. The molecule has 7 heteroatoms. The molecule has 1 radical (unpaired) electrons. The van der Waals surface area contributed by atoms with Crippen LogP contribution in [0.2, 0.25) is 0 Å². The zero-order chi connectivity index (χ0) is 16.4. The molecule has 22 heavy (non-hydrogen) atoms. The molecule has 2 amide bonds. The third kappa shape index (κ3) is 7.24. The molecule has 119 valence electrons. The predicted molar refractivity (Wildman–Crippen MR) is 86.6 cm³/mol. The molecule has 2 atom stereocenters. The topological polar surface area (TPSA) is 115 Å². The smallest absolute Gasteiger partial charge is 0.238 e. The molecule has 0 saturated carbocycles. The van der Waals surface area contributed by atoms with Crippen LogP contribution in [0.25, 0.3) is 0 Å². The molecule has 1 aromatic carbocycles. The Bertz CT molecular complexity index is 496. The number of rotatable bonds is 10. The average Bonchev–Trinajstić information content (AvgIpc) is 2.51. The van der Waals surface area contributed by atoms with E-state index in [1.165, 1.54) is 11.8 Å². The van der Waals surface area contributed by atoms with Gasteiger partial charge in [0.2, 0.25) is 18.1 Å². The maximum absolute atomic E-state index is 11.9. The Hall–Kier alpha value is -1.86. The van der Waals surface area contributed by atoms with Gasteiger partial charge >= 0.3 is 0 Å². The fourth-order valence-corrected chi connectivity index (χ4v) is 2.63. The molecule has 0 aliphatic carbocycles. The minimum Gasteiger partial charge on any atom is -0.370 e. The van der Waals surface area contributed by atoms with Crippen molar-refractivity contribution in [2.24, 2.45) is 11.5 Å². The summed E-state index contributed by atoms with van der Waals surface area (Å²) >= 11 is 1.54. The van der Waals surface area contributed by atoms with Gasteiger partial charge in [-0.2, -0.15) is 11.8 Å². The first-order valence-corrected chi connectivity index (χ1v) is 8.02. The second-order valence-corrected chi connectivity index (χ2v) is 5.82. The summed E-state index contributed by atoms with van der Waals surface area (Å²) < 4.78 is 0. The van der Waals surface area contributed by atoms with Gasteiger partial charge in [-0.25, -0.2) is 0 Å². The molecular weight excluding hydrogens is 302 g/mol. The Balaban J connectivity index is 2.31. The Kier molecular flexibility index (Phi) is 8.24. The second-order valence-electron chi connectivity index (χ2n) is 4.79. The van der Waals surface area contributed by atoms with E-state index in [1.54, 1.807) is 6.29 Å². The van der Waals surface area contributed by atoms with E-state index in [9.17, 15) is 14.4 Å². The normalized spacial score (nSPS) is 13.1. The van der Waals surface area contributed by atoms with E-state index in [2.05, 4.69) is 5.32 Å². The van der Waals surface area contributed by atoms with Gasteiger partial charge in [0.15, 0.2) is 0 Å². The van der Waals surface area contributed by atoms with Crippen molar-refractivity contribution in [2.75, 3.05) is 5.75 Å². The van der Waals surface area contributed by atoms with Crippen molar-refractivity contribution in [2.45, 2.75) is 30.7 Å². The third-order valence-corrected chi connectivity index (χ3v) is 4.02. The van der Waals surface area contributed by atoms with Crippen molar-refractivity contribution in [1.82, 2.24) is 5.32 Å². The summed E-state index contributed by atoms with van der Waals surface area (Å²) in [5.41, 5.74) is 11.9. The van der Waals surface area contributed by atoms with E-state index >= 15 is 0 Å². The van der Waals surface area contributed by atoms with Crippen LogP contribution in [0.3, 0.4) is 0 Å². The van der Waals surface area contributed by atoms with E-state index in [1.807, 2.05) is 30.3 Å². The molecule has 5 N–H and O–H groups in total. The van der Waals surface area contributed by atoms with Crippen LogP contribution in [-0.4, -0.2) is 35.9 Å². The van der Waals surface area contributed by atoms with Gasteiger partial charge in [-0.15, -0.1) is 0 Å². The summed E-state index contributed by atoms with van der Waals surface area (Å²) in [5.74, 6) is 0.227. The van der Waals surface area contributed by atoms with Crippen molar-refractivity contribution in [3.63, 3.8) is 0 Å². The van der Waals surface area contributed by atoms with Gasteiger partial charge in [0.1, 0.15) is 0 Å². The first-order valence-electron chi connectivity index (χ1n) is 6.86. The Morgan fingerprint density at radius 2 is 1.95 bits per heavy atom. The zero-order valence-electron chi connectivity index (χ0n) is 12.2. The number of carbonyl (C=O) groups is 2. The van der Waals surface area contributed by atoms with Gasteiger partial charge in [0, 0.05) is 17.9 Å². The van der Waals surface area contributed by atoms with Crippen LogP contribution in [0.4, 0.5) is 0 Å². The van der Waals surface area contributed by atoms with E-state index in [0.29, 0.717) is 5.75 Å². The van der Waals surface area contributed by atoms with Crippen LogP contribution >= 0.6 is 11.8 Å². The fourth-order valence-electron chi connectivity index (χ4n) is 1.68. The highest BCUT2D eigenvalue weighted by molar-refractivity contribution is 7.98. The van der Waals surface area contributed by atoms with Gasteiger partial charge in [0.05, 0.1) is 12.1 Å². The molecule has 0 heterocycles. The fraction of sp³-hybridized carbons (Fsp3) is 0.400. The molecule has 0 aliphatic rings. The van der Waals surface area contributed by atoms with Crippen molar-refractivity contribution in [3.05, 3.63) is 35.9 Å². The highest BCUT2D eigenvalue weighted by atomic mass is 32.2. The molecular formula is C15H20N3O3S. The molecule has 0 saturated heterocycles. The van der Waals surface area contributed by atoms with Crippen LogP contribution in [0, 0.1) is 0 Å². The highest BCUT2D eigenvalue weighted by Gasteiger charge is 2.18. The number of hydrogen-bond donors (Lipinski definition) is 3. The van der Waals surface area contributed by atoms with Crippen molar-refractivity contribution < 1.29 is 14.4 Å². The number of hydrogen-bond acceptors (Lipinski definition) is 5. The maximum Gasteiger partial charge on any atom is 0.238 e. The average molecular weight is 322 g/mol. The summed E-state index contributed by atoms with van der Waals surface area (Å²) in [5, 5.41) is 2.46. The molecule has 6 nitrogen and oxygen atoms in total. The van der Waals surface area contributed by atoms with E-state index in [-0.39, 0.29) is 12.8 Å². The quantitative estimate of drug-likeness (QED) is 0.565. The summed E-state index contributed by atoms with van der Waals surface area (Å²) in [6.45, 7) is 0. The number of nitrogens with two attached hydrogens (primary N) is 2. The summed E-state index contributed by atoms with van der Waals surface area (Å²) in [6, 6.07) is 8.26. The summed E-state index contributed by atoms with van der Waals surface area (Å²) in [6.07, 6.45) is 1.82. The number of thioether (sulfide) groups is 1. The number of carbonyl (C=O) groups excluding carboxylic acids is 3. The zero-order valence-corrected chi connectivity index (χ0v) is 13.0. The van der Waals surface area contributed by atoms with Crippen LogP contribution in [0.5, 0.6) is 0 Å². The lowest BCUT2D eigenvalue weighted by Crippen LogP contribution is -2.47. The van der Waals surface area contributed by atoms with Crippen LogP contribution in [0.1, 0.15) is 18.4 Å². The molecule has 0 aliphatic heterocycles. The van der Waals surface area contributed by atoms with Gasteiger partial charge in [-0.1, -0.05) is 30.3 Å². The van der Waals surface area contributed by atoms with Crippen molar-refractivity contribution in [3.8, 4) is 0 Å². The lowest BCUT2D eigenvalue weighted by Gasteiger charge is -2.15. The molecule has 0 unspecified atom stereocenters. The van der Waals surface area contributed by atoms with Crippen LogP contribution in [0.15, 0.2) is 30.3 Å². The summed E-state index contributed by atoms with van der Waals surface area (Å²) in [7, 11) is 0. The molecule has 0 fully saturated rings. The predicted octanol–water partition coefficient (Wildman–Crippen LogP) is 0.107. The van der Waals surface area contributed by atoms with E-state index in [4.69, 9.17) is 11.5 Å². The minimum absolute atomic E-state index is 0.0121. The molecule has 0 aromatic heterocycles. The Morgan fingerprint density at radius 1 is 1.27 bits per heavy atom. The number of benzene rings is 1. The summed E-state index contributed by atoms with van der Waals surface area (Å²) in [4.78, 5) is 33.3. The third-order valence-electron chi connectivity index (χ3n) is 2.88. The Morgan fingerprint density at radius 3 is 2.55 bits per heavy atom. The van der Waals surface area contributed by atoms with Crippen molar-refractivity contribution >= 4 is 29.9 Å². The molecule has 0 bridgehead atoms. The van der Waals surface area contributed by atoms with Crippen LogP contribution < -0.4 is 16.8 Å². The lowest BCUT2D eigenvalue weighted by molar-refractivity contribution is -0.123. The van der Waals surface area contributed by atoms with E-state index in [0.717, 1.165) is 11.3 Å². The SMILES string of the molecule is NC(=O)CC[C@@H]([C]=O)NC(=O)[C@@H](N)CSCc1ccccc1. The minimum atomic E-state index is -0.856. The number of nitrogens with one attached hydrogen (secondary N) is 1. The molecule has 1 rings (SSSR count). The molecule has 0 spiro atoms. The first-order chi connectivity index (χ1) is 10.5. The largest absolute Gasteiger partial charge is 0.370 e. The van der Waals surface area contributed by atoms with Gasteiger partial charge in [0.25, 0.3) is 0 Å². The van der Waals surface area contributed by atoms with Gasteiger partial charge in [-0.05, 0) is 12.0 Å². The second kappa shape index (κ2) is 9.97. The van der Waals surface area contributed by atoms with Crippen molar-refractivity contribution in [1.29, 1.82) is 0 Å². The van der Waals surface area contributed by atoms with Crippen LogP contribution in [-0.2, 0) is 20.1 Å². The van der Waals surface area contributed by atoms with E-state index < -0.39 is 23.9 Å². The number of primary amides is 1. The number of amides is 2. The lowest BCUT2D eigenvalue weighted by atomic mass is 10.1.